The number of benzene rings is 3. The van der Waals surface area contributed by atoms with Crippen LogP contribution < -0.4 is 5.73 Å². The normalized spacial score (nSPS) is 11.4. The quantitative estimate of drug-likeness (QED) is 0.323. The van der Waals surface area contributed by atoms with Crippen LogP contribution >= 0.6 is 34.5 Å². The SMILES string of the molecule is NC(=O)c1cccc2c1c1[c]cc(-c3cccs3)cc1n2Cc1cc(Cl)ccc1Cl. The number of carbonyl (C=O) groups excluding carboxylic acids is 1. The number of rotatable bonds is 4. The maximum Gasteiger partial charge on any atom is 0.249 e. The van der Waals surface area contributed by atoms with Crippen molar-refractivity contribution in [2.45, 2.75) is 6.54 Å². The molecule has 0 spiro atoms. The van der Waals surface area contributed by atoms with E-state index < -0.39 is 5.91 Å². The molecule has 147 valence electrons. The molecule has 0 aliphatic rings. The summed E-state index contributed by atoms with van der Waals surface area (Å²) in [4.78, 5) is 13.3. The molecule has 0 bridgehead atoms. The number of fused-ring (bicyclic) bond motifs is 3. The molecule has 2 heterocycles. The van der Waals surface area contributed by atoms with Crippen molar-refractivity contribution in [2.24, 2.45) is 5.73 Å². The molecule has 1 radical (unpaired) electrons. The van der Waals surface area contributed by atoms with Crippen molar-refractivity contribution in [1.29, 1.82) is 0 Å². The van der Waals surface area contributed by atoms with Crippen LogP contribution in [0.25, 0.3) is 32.2 Å². The van der Waals surface area contributed by atoms with E-state index in [1.54, 1.807) is 29.5 Å². The Hall–Kier alpha value is -2.79. The zero-order valence-corrected chi connectivity index (χ0v) is 18.0. The Morgan fingerprint density at radius 2 is 1.93 bits per heavy atom. The Morgan fingerprint density at radius 1 is 1.07 bits per heavy atom. The van der Waals surface area contributed by atoms with Crippen molar-refractivity contribution >= 4 is 62.3 Å². The Bertz CT molecular complexity index is 1420. The lowest BCUT2D eigenvalue weighted by molar-refractivity contribution is 0.100. The minimum absolute atomic E-state index is 0.462. The van der Waals surface area contributed by atoms with Gasteiger partial charge in [0.1, 0.15) is 0 Å². The number of thiophene rings is 1. The highest BCUT2D eigenvalue weighted by atomic mass is 35.5. The van der Waals surface area contributed by atoms with Crippen LogP contribution in [0, 0.1) is 6.07 Å². The van der Waals surface area contributed by atoms with Gasteiger partial charge < -0.3 is 10.3 Å². The number of hydrogen-bond donors (Lipinski definition) is 1. The van der Waals surface area contributed by atoms with Crippen LogP contribution in [0.15, 0.2) is 66.0 Å². The van der Waals surface area contributed by atoms with Gasteiger partial charge in [-0.25, -0.2) is 0 Å². The first-order chi connectivity index (χ1) is 14.5. The third kappa shape index (κ3) is 3.18. The Labute approximate surface area is 187 Å². The second-order valence-electron chi connectivity index (χ2n) is 7.01. The maximum absolute atomic E-state index is 12.1. The molecule has 2 N–H and O–H groups in total. The van der Waals surface area contributed by atoms with E-state index in [9.17, 15) is 4.79 Å². The molecule has 0 fully saturated rings. The topological polar surface area (TPSA) is 48.0 Å². The highest BCUT2D eigenvalue weighted by molar-refractivity contribution is 7.13. The van der Waals surface area contributed by atoms with Gasteiger partial charge in [-0.2, -0.15) is 0 Å². The highest BCUT2D eigenvalue weighted by Gasteiger charge is 2.18. The van der Waals surface area contributed by atoms with E-state index in [1.165, 1.54) is 0 Å². The van der Waals surface area contributed by atoms with Crippen LogP contribution in [0.1, 0.15) is 15.9 Å². The van der Waals surface area contributed by atoms with Gasteiger partial charge in [-0.1, -0.05) is 35.3 Å². The van der Waals surface area contributed by atoms with Gasteiger partial charge in [0, 0.05) is 37.8 Å². The molecule has 2 aromatic heterocycles. The summed E-state index contributed by atoms with van der Waals surface area (Å²) >= 11 is 14.3. The van der Waals surface area contributed by atoms with Gasteiger partial charge >= 0.3 is 0 Å². The Balaban J connectivity index is 1.83. The molecule has 5 aromatic rings. The molecule has 0 unspecified atom stereocenters. The van der Waals surface area contributed by atoms with Gasteiger partial charge in [-0.15, -0.1) is 11.3 Å². The monoisotopic (exact) mass is 449 g/mol. The number of aromatic nitrogens is 1. The van der Waals surface area contributed by atoms with Crippen LogP contribution in [-0.4, -0.2) is 10.5 Å². The number of nitrogens with zero attached hydrogens (tertiary/aromatic N) is 1. The number of halogens is 2. The predicted octanol–water partition coefficient (Wildman–Crippen LogP) is 6.78. The molecular weight excluding hydrogens is 435 g/mol. The minimum atomic E-state index is -0.462. The van der Waals surface area contributed by atoms with E-state index in [0.717, 1.165) is 37.8 Å². The smallest absolute Gasteiger partial charge is 0.249 e. The first-order valence-electron chi connectivity index (χ1n) is 9.27. The maximum atomic E-state index is 12.1. The summed E-state index contributed by atoms with van der Waals surface area (Å²) in [6, 6.07) is 22.6. The molecule has 0 aliphatic carbocycles. The zero-order chi connectivity index (χ0) is 20.8. The first-order valence-corrected chi connectivity index (χ1v) is 10.9. The summed E-state index contributed by atoms with van der Waals surface area (Å²) in [7, 11) is 0. The highest BCUT2D eigenvalue weighted by Crippen LogP contribution is 2.36. The minimum Gasteiger partial charge on any atom is -0.366 e. The molecule has 1 amide bonds. The number of carbonyl (C=O) groups is 1. The summed E-state index contributed by atoms with van der Waals surface area (Å²) in [5.74, 6) is -0.462. The van der Waals surface area contributed by atoms with Crippen LogP contribution in [-0.2, 0) is 6.54 Å². The van der Waals surface area contributed by atoms with E-state index in [0.29, 0.717) is 22.2 Å². The van der Waals surface area contributed by atoms with Crippen LogP contribution in [0.4, 0.5) is 0 Å². The third-order valence-corrected chi connectivity index (χ3v) is 6.72. The molecule has 0 saturated heterocycles. The summed E-state index contributed by atoms with van der Waals surface area (Å²) in [5, 5.41) is 4.97. The summed E-state index contributed by atoms with van der Waals surface area (Å²) < 4.78 is 2.14. The Kier molecular flexibility index (Phi) is 4.78. The molecule has 0 saturated carbocycles. The fraction of sp³-hybridized carbons (Fsp3) is 0.0417. The van der Waals surface area contributed by atoms with Crippen molar-refractivity contribution in [2.75, 3.05) is 0 Å². The van der Waals surface area contributed by atoms with Gasteiger partial charge in [0.2, 0.25) is 5.91 Å². The number of nitrogens with two attached hydrogens (primary N) is 1. The third-order valence-electron chi connectivity index (χ3n) is 5.20. The van der Waals surface area contributed by atoms with E-state index >= 15 is 0 Å². The van der Waals surface area contributed by atoms with Crippen LogP contribution in [0.3, 0.4) is 0 Å². The standard InChI is InChI=1S/C24H15Cl2N2OS/c25-16-7-9-19(26)15(11-16)13-28-20-4-1-3-18(24(27)29)23(20)17-8-6-14(12-21(17)28)22-5-2-10-30-22/h1-7,9-12H,13H2,(H2,27,29). The first kappa shape index (κ1) is 19.2. The molecule has 3 aromatic carbocycles. The van der Waals surface area contributed by atoms with Crippen LogP contribution in [0.5, 0.6) is 0 Å². The Morgan fingerprint density at radius 3 is 2.70 bits per heavy atom. The van der Waals surface area contributed by atoms with E-state index in [4.69, 9.17) is 28.9 Å². The lowest BCUT2D eigenvalue weighted by atomic mass is 10.0. The molecule has 5 rings (SSSR count). The molecule has 30 heavy (non-hydrogen) atoms. The number of primary amides is 1. The van der Waals surface area contributed by atoms with Gasteiger partial charge in [0.05, 0.1) is 11.0 Å². The van der Waals surface area contributed by atoms with E-state index in [2.05, 4.69) is 22.8 Å². The lowest BCUT2D eigenvalue weighted by Crippen LogP contribution is -2.11. The fourth-order valence-electron chi connectivity index (χ4n) is 3.85. The van der Waals surface area contributed by atoms with Gasteiger partial charge in [-0.05, 0) is 71.1 Å². The molecule has 3 nitrogen and oxygen atoms in total. The van der Waals surface area contributed by atoms with Crippen molar-refractivity contribution < 1.29 is 4.79 Å². The molecular formula is C24H15Cl2N2OS. The van der Waals surface area contributed by atoms with Gasteiger partial charge in [0.15, 0.2) is 0 Å². The van der Waals surface area contributed by atoms with Crippen molar-refractivity contribution in [3.63, 3.8) is 0 Å². The number of hydrogen-bond acceptors (Lipinski definition) is 2. The largest absolute Gasteiger partial charge is 0.366 e. The van der Waals surface area contributed by atoms with Crippen molar-refractivity contribution in [3.05, 3.63) is 93.3 Å². The summed E-state index contributed by atoms with van der Waals surface area (Å²) in [5.41, 5.74) is 9.99. The average molecular weight is 450 g/mol. The summed E-state index contributed by atoms with van der Waals surface area (Å²) in [6.07, 6.45) is 0. The summed E-state index contributed by atoms with van der Waals surface area (Å²) in [6.45, 7) is 0.503. The average Bonchev–Trinajstić information content (AvgIpc) is 3.37. The predicted molar refractivity (Wildman–Crippen MR) is 126 cm³/mol. The van der Waals surface area contributed by atoms with Crippen molar-refractivity contribution in [1.82, 2.24) is 4.57 Å². The molecule has 6 heteroatoms. The molecule has 0 atom stereocenters. The zero-order valence-electron chi connectivity index (χ0n) is 15.7. The number of amides is 1. The van der Waals surface area contributed by atoms with E-state index in [1.807, 2.05) is 35.7 Å². The van der Waals surface area contributed by atoms with Crippen LogP contribution in [0.2, 0.25) is 10.0 Å². The fourth-order valence-corrected chi connectivity index (χ4v) is 4.94. The lowest BCUT2D eigenvalue weighted by Gasteiger charge is -2.11. The second kappa shape index (κ2) is 7.47. The molecule has 0 aliphatic heterocycles. The van der Waals surface area contributed by atoms with Gasteiger partial charge in [0.25, 0.3) is 0 Å². The van der Waals surface area contributed by atoms with Crippen molar-refractivity contribution in [3.8, 4) is 10.4 Å². The second-order valence-corrected chi connectivity index (χ2v) is 8.80. The van der Waals surface area contributed by atoms with E-state index in [-0.39, 0.29) is 0 Å². The van der Waals surface area contributed by atoms with Gasteiger partial charge in [-0.3, -0.25) is 4.79 Å².